The maximum absolute atomic E-state index is 12.4. The molecule has 0 saturated carbocycles. The lowest BCUT2D eigenvalue weighted by molar-refractivity contribution is -0.141. The van der Waals surface area contributed by atoms with Crippen molar-refractivity contribution >= 4 is 11.9 Å². The quantitative estimate of drug-likeness (QED) is 0.812. The van der Waals surface area contributed by atoms with E-state index in [2.05, 4.69) is 5.32 Å². The minimum absolute atomic E-state index is 0.143. The number of aliphatic carboxylic acids is 1. The zero-order valence-electron chi connectivity index (χ0n) is 9.12. The molecule has 0 heterocycles. The van der Waals surface area contributed by atoms with E-state index < -0.39 is 30.0 Å². The first-order chi connectivity index (χ1) is 8.29. The number of carboxylic acids is 1. The molecule has 0 aromatic heterocycles. The molecular weight excluding hydrogens is 251 g/mol. The molecule has 0 aliphatic rings. The van der Waals surface area contributed by atoms with Gasteiger partial charge in [0.15, 0.2) is 0 Å². The lowest BCUT2D eigenvalue weighted by Crippen LogP contribution is -2.25. The van der Waals surface area contributed by atoms with Gasteiger partial charge in [0.25, 0.3) is 0 Å². The maximum Gasteiger partial charge on any atom is 0.416 e. The Hall–Kier alpha value is -2.05. The molecule has 1 aromatic carbocycles. The van der Waals surface area contributed by atoms with Crippen LogP contribution < -0.4 is 5.32 Å². The third-order valence-corrected chi connectivity index (χ3v) is 2.06. The van der Waals surface area contributed by atoms with Crippen LogP contribution in [0, 0.1) is 0 Å². The molecule has 2 N–H and O–H groups in total. The Morgan fingerprint density at radius 1 is 1.28 bits per heavy atom. The zero-order chi connectivity index (χ0) is 13.8. The second-order valence-electron chi connectivity index (χ2n) is 3.55. The van der Waals surface area contributed by atoms with Crippen molar-refractivity contribution in [3.63, 3.8) is 0 Å². The third kappa shape index (κ3) is 4.44. The standard InChI is InChI=1S/C11H10F3NO3/c12-11(13,14)8-3-1-2-7(4-8)6-15-9(16)5-10(17)18/h1-4H,5-6H2,(H,15,16)(H,17,18). The third-order valence-electron chi connectivity index (χ3n) is 2.06. The highest BCUT2D eigenvalue weighted by atomic mass is 19.4. The summed E-state index contributed by atoms with van der Waals surface area (Å²) in [7, 11) is 0. The number of amides is 1. The smallest absolute Gasteiger partial charge is 0.416 e. The first-order valence-corrected chi connectivity index (χ1v) is 4.93. The van der Waals surface area contributed by atoms with Crippen molar-refractivity contribution in [2.75, 3.05) is 0 Å². The van der Waals surface area contributed by atoms with Crippen molar-refractivity contribution in [3.05, 3.63) is 35.4 Å². The Morgan fingerprint density at radius 3 is 2.50 bits per heavy atom. The Morgan fingerprint density at radius 2 is 1.94 bits per heavy atom. The fourth-order valence-corrected chi connectivity index (χ4v) is 1.26. The molecule has 1 aromatic rings. The van der Waals surface area contributed by atoms with Crippen LogP contribution in [0.2, 0.25) is 0 Å². The SMILES string of the molecule is O=C(O)CC(=O)NCc1cccc(C(F)(F)F)c1. The van der Waals surface area contributed by atoms with Crippen molar-refractivity contribution in [1.82, 2.24) is 5.32 Å². The van der Waals surface area contributed by atoms with Crippen LogP contribution in [0.4, 0.5) is 13.2 Å². The molecule has 0 bridgehead atoms. The van der Waals surface area contributed by atoms with Gasteiger partial charge < -0.3 is 10.4 Å². The summed E-state index contributed by atoms with van der Waals surface area (Å²) in [4.78, 5) is 21.2. The summed E-state index contributed by atoms with van der Waals surface area (Å²) in [6.45, 7) is -0.143. The summed E-state index contributed by atoms with van der Waals surface area (Å²) in [5.41, 5.74) is -0.559. The van der Waals surface area contributed by atoms with Crippen LogP contribution in [0.25, 0.3) is 0 Å². The minimum Gasteiger partial charge on any atom is -0.481 e. The van der Waals surface area contributed by atoms with Gasteiger partial charge in [0, 0.05) is 6.54 Å². The van der Waals surface area contributed by atoms with Gasteiger partial charge in [0.2, 0.25) is 5.91 Å². The number of carbonyl (C=O) groups excluding carboxylic acids is 1. The van der Waals surface area contributed by atoms with Gasteiger partial charge in [-0.1, -0.05) is 12.1 Å². The van der Waals surface area contributed by atoms with Gasteiger partial charge >= 0.3 is 12.1 Å². The molecule has 0 fully saturated rings. The molecule has 0 atom stereocenters. The van der Waals surface area contributed by atoms with E-state index in [0.29, 0.717) is 0 Å². The van der Waals surface area contributed by atoms with Crippen molar-refractivity contribution in [2.45, 2.75) is 19.1 Å². The summed E-state index contributed by atoms with van der Waals surface area (Å²) in [5.74, 6) is -2.04. The van der Waals surface area contributed by atoms with E-state index in [4.69, 9.17) is 5.11 Å². The van der Waals surface area contributed by atoms with E-state index in [9.17, 15) is 22.8 Å². The second-order valence-corrected chi connectivity index (χ2v) is 3.55. The Bertz CT molecular complexity index is 457. The molecule has 98 valence electrons. The summed E-state index contributed by atoms with van der Waals surface area (Å²) >= 11 is 0. The van der Waals surface area contributed by atoms with Crippen LogP contribution in [0.15, 0.2) is 24.3 Å². The molecule has 1 amide bonds. The lowest BCUT2D eigenvalue weighted by Gasteiger charge is -2.09. The average molecular weight is 261 g/mol. The number of alkyl halides is 3. The van der Waals surface area contributed by atoms with Crippen molar-refractivity contribution in [1.29, 1.82) is 0 Å². The van der Waals surface area contributed by atoms with Gasteiger partial charge in [0.1, 0.15) is 6.42 Å². The first-order valence-electron chi connectivity index (χ1n) is 4.93. The predicted molar refractivity (Wildman–Crippen MR) is 55.5 cm³/mol. The molecule has 0 unspecified atom stereocenters. The average Bonchev–Trinajstić information content (AvgIpc) is 2.25. The predicted octanol–water partition coefficient (Wildman–Crippen LogP) is 1.80. The summed E-state index contributed by atoms with van der Waals surface area (Å²) in [6.07, 6.45) is -5.15. The zero-order valence-corrected chi connectivity index (χ0v) is 9.12. The highest BCUT2D eigenvalue weighted by Gasteiger charge is 2.30. The van der Waals surface area contributed by atoms with E-state index in [1.54, 1.807) is 0 Å². The summed E-state index contributed by atoms with van der Waals surface area (Å²) in [6, 6.07) is 4.46. The van der Waals surface area contributed by atoms with Crippen LogP contribution in [0.1, 0.15) is 17.5 Å². The number of rotatable bonds is 4. The van der Waals surface area contributed by atoms with Gasteiger partial charge in [-0.15, -0.1) is 0 Å². The number of carbonyl (C=O) groups is 2. The van der Waals surface area contributed by atoms with E-state index in [1.165, 1.54) is 12.1 Å². The topological polar surface area (TPSA) is 66.4 Å². The van der Waals surface area contributed by atoms with Gasteiger partial charge in [0.05, 0.1) is 5.56 Å². The molecule has 0 aliphatic carbocycles. The van der Waals surface area contributed by atoms with E-state index in [0.717, 1.165) is 12.1 Å². The number of halogens is 3. The molecule has 1 rings (SSSR count). The first kappa shape index (κ1) is 14.0. The van der Waals surface area contributed by atoms with Crippen LogP contribution >= 0.6 is 0 Å². The van der Waals surface area contributed by atoms with Crippen molar-refractivity contribution < 1.29 is 27.9 Å². The second kappa shape index (κ2) is 5.52. The van der Waals surface area contributed by atoms with Gasteiger partial charge in [-0.2, -0.15) is 13.2 Å². The normalized spacial score (nSPS) is 11.1. The Labute approximate surface area is 100 Å². The van der Waals surface area contributed by atoms with Gasteiger partial charge in [-0.25, -0.2) is 0 Å². The number of hydrogen-bond acceptors (Lipinski definition) is 2. The molecule has 0 radical (unpaired) electrons. The monoisotopic (exact) mass is 261 g/mol. The fourth-order valence-electron chi connectivity index (χ4n) is 1.26. The van der Waals surface area contributed by atoms with Crippen molar-refractivity contribution in [2.24, 2.45) is 0 Å². The highest BCUT2D eigenvalue weighted by molar-refractivity contribution is 5.93. The Kier molecular flexibility index (Phi) is 4.30. The minimum atomic E-state index is -4.44. The van der Waals surface area contributed by atoms with Crippen LogP contribution in [0.3, 0.4) is 0 Å². The largest absolute Gasteiger partial charge is 0.481 e. The van der Waals surface area contributed by atoms with Gasteiger partial charge in [-0.3, -0.25) is 9.59 Å². The number of carboxylic acid groups (broad SMARTS) is 1. The van der Waals surface area contributed by atoms with E-state index in [1.807, 2.05) is 0 Å². The molecule has 0 aliphatic heterocycles. The van der Waals surface area contributed by atoms with Crippen LogP contribution in [-0.2, 0) is 22.3 Å². The lowest BCUT2D eigenvalue weighted by atomic mass is 10.1. The number of benzene rings is 1. The highest BCUT2D eigenvalue weighted by Crippen LogP contribution is 2.29. The summed E-state index contributed by atoms with van der Waals surface area (Å²) in [5, 5.41) is 10.5. The molecule has 0 spiro atoms. The van der Waals surface area contributed by atoms with Crippen LogP contribution in [0.5, 0.6) is 0 Å². The van der Waals surface area contributed by atoms with E-state index >= 15 is 0 Å². The molecule has 4 nitrogen and oxygen atoms in total. The molecule has 18 heavy (non-hydrogen) atoms. The Balaban J connectivity index is 2.63. The van der Waals surface area contributed by atoms with Crippen molar-refractivity contribution in [3.8, 4) is 0 Å². The molecule has 7 heteroatoms. The summed E-state index contributed by atoms with van der Waals surface area (Å²) < 4.78 is 37.1. The number of nitrogens with one attached hydrogen (secondary N) is 1. The van der Waals surface area contributed by atoms with Gasteiger partial charge in [-0.05, 0) is 17.7 Å². The fraction of sp³-hybridized carbons (Fsp3) is 0.273. The van der Waals surface area contributed by atoms with Crippen LogP contribution in [-0.4, -0.2) is 17.0 Å². The number of hydrogen-bond donors (Lipinski definition) is 2. The van der Waals surface area contributed by atoms with E-state index in [-0.39, 0.29) is 12.1 Å². The maximum atomic E-state index is 12.4. The molecular formula is C11H10F3NO3. The molecule has 0 saturated heterocycles.